The molecule has 2 atom stereocenters. The van der Waals surface area contributed by atoms with E-state index < -0.39 is 20.0 Å². The third kappa shape index (κ3) is 5.78. The van der Waals surface area contributed by atoms with Crippen LogP contribution in [0.5, 0.6) is 0 Å². The molecule has 8 aromatic carbocycles. The Labute approximate surface area is 360 Å². The van der Waals surface area contributed by atoms with Gasteiger partial charge in [0.25, 0.3) is 0 Å². The molecule has 0 N–H and O–H groups in total. The first-order chi connectivity index (χ1) is 27.4. The third-order valence-electron chi connectivity index (χ3n) is 14.0. The van der Waals surface area contributed by atoms with Gasteiger partial charge in [0.05, 0.1) is 0 Å². The van der Waals surface area contributed by atoms with Crippen LogP contribution in [0, 0.1) is 11.8 Å². The van der Waals surface area contributed by atoms with Crippen LogP contribution in [-0.2, 0) is 20.0 Å². The van der Waals surface area contributed by atoms with E-state index in [9.17, 15) is 0 Å². The van der Waals surface area contributed by atoms with Crippen LogP contribution < -0.4 is 0 Å². The summed E-state index contributed by atoms with van der Waals surface area (Å²) in [7, 11) is 0. The number of halogens is 2. The first kappa shape index (κ1) is 39.2. The van der Waals surface area contributed by atoms with Crippen molar-refractivity contribution in [3.63, 3.8) is 0 Å². The van der Waals surface area contributed by atoms with Crippen molar-refractivity contribution in [2.75, 3.05) is 0 Å². The van der Waals surface area contributed by atoms with Gasteiger partial charge < -0.3 is 0 Å². The summed E-state index contributed by atoms with van der Waals surface area (Å²) in [6, 6.07) is 55.7. The zero-order valence-electron chi connectivity index (χ0n) is 33.8. The second-order valence-electron chi connectivity index (χ2n) is 17.6. The van der Waals surface area contributed by atoms with E-state index in [0.717, 1.165) is 0 Å². The molecule has 288 valence electrons. The molecule has 0 saturated carbocycles. The predicted molar refractivity (Wildman–Crippen MR) is 254 cm³/mol. The van der Waals surface area contributed by atoms with E-state index in [1.165, 1.54) is 91.2 Å². The van der Waals surface area contributed by atoms with Crippen molar-refractivity contribution in [2.24, 2.45) is 11.8 Å². The van der Waals surface area contributed by atoms with Crippen LogP contribution in [0.15, 0.2) is 157 Å². The van der Waals surface area contributed by atoms with Gasteiger partial charge in [-0.1, -0.05) is 0 Å². The normalized spacial score (nSPS) is 17.8. The van der Waals surface area contributed by atoms with Gasteiger partial charge in [0.15, 0.2) is 0 Å². The maximum atomic E-state index is 2.70. The van der Waals surface area contributed by atoms with Gasteiger partial charge in [0.1, 0.15) is 0 Å². The summed E-state index contributed by atoms with van der Waals surface area (Å²) in [6.07, 6.45) is 6.78. The van der Waals surface area contributed by atoms with Crippen LogP contribution in [0.4, 0.5) is 0 Å². The molecule has 8 aromatic rings. The van der Waals surface area contributed by atoms with Crippen molar-refractivity contribution in [1.82, 2.24) is 0 Å². The van der Waals surface area contributed by atoms with Crippen molar-refractivity contribution in [2.45, 2.75) is 49.8 Å². The average molecular weight is 960 g/mol. The summed E-state index contributed by atoms with van der Waals surface area (Å²) in [6.45, 7) is 9.90. The molecule has 11 rings (SSSR count). The van der Waals surface area contributed by atoms with Gasteiger partial charge in [0.2, 0.25) is 0 Å². The summed E-state index contributed by atoms with van der Waals surface area (Å²) in [5.41, 5.74) is 15.3. The van der Waals surface area contributed by atoms with Gasteiger partial charge in [-0.15, -0.1) is 24.8 Å². The summed E-state index contributed by atoms with van der Waals surface area (Å²) in [4.78, 5) is 0. The molecular weight excluding hydrogens is 910 g/mol. The van der Waals surface area contributed by atoms with Crippen LogP contribution in [0.2, 0.25) is 8.35 Å². The predicted octanol–water partition coefficient (Wildman–Crippen LogP) is 16.8. The quantitative estimate of drug-likeness (QED) is 0.115. The molecule has 58 heavy (non-hydrogen) atoms. The van der Waals surface area contributed by atoms with E-state index in [0.29, 0.717) is 19.2 Å². The molecule has 0 aromatic heterocycles. The maximum Gasteiger partial charge on any atom is -0.147 e. The molecule has 3 aliphatic rings. The first-order valence-corrected chi connectivity index (χ1v) is 30.2. The van der Waals surface area contributed by atoms with Crippen molar-refractivity contribution in [3.8, 4) is 22.3 Å². The maximum absolute atomic E-state index is 3.32. The van der Waals surface area contributed by atoms with Crippen LogP contribution in [0.1, 0.15) is 63.7 Å². The average Bonchev–Trinajstić information content (AvgIpc) is 3.80. The van der Waals surface area contributed by atoms with Crippen LogP contribution in [0.25, 0.3) is 77.5 Å². The molecule has 1 fully saturated rings. The molecule has 2 aliphatic carbocycles. The fourth-order valence-electron chi connectivity index (χ4n) is 11.5. The molecule has 0 nitrogen and oxygen atoms in total. The molecule has 1 heterocycles. The first-order valence-electron chi connectivity index (χ1n) is 20.9. The Morgan fingerprint density at radius 1 is 0.431 bits per heavy atom. The van der Waals surface area contributed by atoms with Crippen LogP contribution >= 0.6 is 24.8 Å². The SMILES string of the molecule is CC(C)C1=Cc2c(-c3c4ccccc4cc4ccccc34)cccc2[CH]1[Hf]1([CH]2C(C(C)C)=Cc3c(-c4c5ccccc5cc5ccccc45)cccc32)[CH2]C[CH2]1.Cl.Cl. The minimum Gasteiger partial charge on any atom is -0.147 e. The third-order valence-corrected chi connectivity index (χ3v) is 36.2. The van der Waals surface area contributed by atoms with Crippen LogP contribution in [0.3, 0.4) is 0 Å². The minimum atomic E-state index is -3.32. The van der Waals surface area contributed by atoms with E-state index in [1.54, 1.807) is 22.3 Å². The summed E-state index contributed by atoms with van der Waals surface area (Å²) in [5.74, 6) is 1.01. The number of hydrogen-bond donors (Lipinski definition) is 0. The van der Waals surface area contributed by atoms with Gasteiger partial charge in [-0.3, -0.25) is 0 Å². The van der Waals surface area contributed by atoms with Crippen LogP contribution in [-0.4, -0.2) is 0 Å². The Bertz CT molecular complexity index is 2670. The number of benzene rings is 8. The molecular formula is C55H50Cl2Hf. The largest absolute Gasteiger partial charge is 0.147 e. The summed E-state index contributed by atoms with van der Waals surface area (Å²) in [5, 5.41) is 10.7. The molecule has 0 bridgehead atoms. The van der Waals surface area contributed by atoms with Gasteiger partial charge in [-0.2, -0.15) is 0 Å². The standard InChI is InChI=1S/2C26H21.C3H6.2ClH.Hf/c2*1-17(2)21-15-20-10-7-13-24(25(20)16-21)26-22-11-5-3-8-18(22)14-19-9-4-6-12-23(19)26;1-3-2;;;/h2*3-17H,1-2H3;1-3H2;2*1H;. The number of fused-ring (bicyclic) bond motifs is 6. The Kier molecular flexibility index (Phi) is 10.2. The number of allylic oxidation sites excluding steroid dienone is 2. The van der Waals surface area contributed by atoms with E-state index in [-0.39, 0.29) is 24.8 Å². The zero-order valence-corrected chi connectivity index (χ0v) is 39.0. The summed E-state index contributed by atoms with van der Waals surface area (Å²) >= 11 is -3.32. The topological polar surface area (TPSA) is 0 Å². The smallest absolute Gasteiger partial charge is 0.147 e. The fourth-order valence-corrected chi connectivity index (χ4v) is 35.1. The number of rotatable bonds is 6. The van der Waals surface area contributed by atoms with Gasteiger partial charge >= 0.3 is 338 Å². The van der Waals surface area contributed by atoms with E-state index in [4.69, 9.17) is 0 Å². The molecule has 2 unspecified atom stereocenters. The number of hydrogen-bond acceptors (Lipinski definition) is 0. The fraction of sp³-hybridized carbons (Fsp3) is 0.200. The molecule has 3 heteroatoms. The minimum absolute atomic E-state index is 0. The zero-order chi connectivity index (χ0) is 37.7. The van der Waals surface area contributed by atoms with Crippen molar-refractivity contribution in [3.05, 3.63) is 179 Å². The molecule has 0 radical (unpaired) electrons. The Morgan fingerprint density at radius 3 is 1.09 bits per heavy atom. The van der Waals surface area contributed by atoms with Crippen molar-refractivity contribution >= 4 is 80.1 Å². The molecule has 1 saturated heterocycles. The molecule has 0 spiro atoms. The summed E-state index contributed by atoms with van der Waals surface area (Å²) < 4.78 is 4.12. The monoisotopic (exact) mass is 960 g/mol. The molecule has 0 amide bonds. The second-order valence-corrected chi connectivity index (χ2v) is 34.2. The van der Waals surface area contributed by atoms with Gasteiger partial charge in [-0.25, -0.2) is 0 Å². The van der Waals surface area contributed by atoms with E-state index >= 15 is 0 Å². The Morgan fingerprint density at radius 2 is 0.776 bits per heavy atom. The van der Waals surface area contributed by atoms with Crippen molar-refractivity contribution < 1.29 is 20.0 Å². The Hall–Kier alpha value is -4.27. The van der Waals surface area contributed by atoms with Gasteiger partial charge in [-0.05, 0) is 0 Å². The van der Waals surface area contributed by atoms with Crippen molar-refractivity contribution in [1.29, 1.82) is 0 Å². The second kappa shape index (κ2) is 15.1. The van der Waals surface area contributed by atoms with Gasteiger partial charge in [0, 0.05) is 0 Å². The van der Waals surface area contributed by atoms with E-state index in [2.05, 4.69) is 185 Å². The Balaban J connectivity index is 0.00000218. The molecule has 1 aliphatic heterocycles. The van der Waals surface area contributed by atoms with E-state index in [1.807, 2.05) is 0 Å².